The molecular formula is C15H25IN4S. The first-order valence-corrected chi connectivity index (χ1v) is 8.48. The quantitative estimate of drug-likeness (QED) is 0.463. The van der Waals surface area contributed by atoms with Crippen LogP contribution in [0.2, 0.25) is 0 Å². The Balaban J connectivity index is 0.00000161. The molecule has 118 valence electrons. The molecule has 21 heavy (non-hydrogen) atoms. The molecule has 2 aliphatic heterocycles. The highest BCUT2D eigenvalue weighted by atomic mass is 127. The summed E-state index contributed by atoms with van der Waals surface area (Å²) in [7, 11) is 1.89. The Morgan fingerprint density at radius 3 is 2.90 bits per heavy atom. The van der Waals surface area contributed by atoms with Crippen LogP contribution in [0.15, 0.2) is 16.4 Å². The van der Waals surface area contributed by atoms with E-state index >= 15 is 0 Å². The zero-order chi connectivity index (χ0) is 13.8. The Morgan fingerprint density at radius 1 is 1.33 bits per heavy atom. The lowest BCUT2D eigenvalue weighted by Gasteiger charge is -2.28. The van der Waals surface area contributed by atoms with Crippen LogP contribution in [-0.4, -0.2) is 55.5 Å². The maximum atomic E-state index is 4.39. The number of nitrogens with one attached hydrogen (secondary N) is 1. The van der Waals surface area contributed by atoms with E-state index in [4.69, 9.17) is 0 Å². The van der Waals surface area contributed by atoms with E-state index in [2.05, 4.69) is 31.6 Å². The van der Waals surface area contributed by atoms with Crippen molar-refractivity contribution in [2.75, 3.05) is 39.8 Å². The SMILES string of the molecule is CN=C(NCCN1CCc2sccc2C1)N1CCCC1.I. The van der Waals surface area contributed by atoms with Gasteiger partial charge in [-0.15, -0.1) is 35.3 Å². The van der Waals surface area contributed by atoms with Gasteiger partial charge in [-0.1, -0.05) is 0 Å². The summed E-state index contributed by atoms with van der Waals surface area (Å²) >= 11 is 1.91. The third-order valence-corrected chi connectivity index (χ3v) is 5.24. The van der Waals surface area contributed by atoms with Crippen LogP contribution >= 0.6 is 35.3 Å². The van der Waals surface area contributed by atoms with Gasteiger partial charge in [0, 0.05) is 51.2 Å². The predicted molar refractivity (Wildman–Crippen MR) is 101 cm³/mol. The molecule has 1 aromatic rings. The van der Waals surface area contributed by atoms with Crippen LogP contribution < -0.4 is 5.32 Å². The molecule has 1 aromatic heterocycles. The Morgan fingerprint density at radius 2 is 2.14 bits per heavy atom. The summed E-state index contributed by atoms with van der Waals surface area (Å²) in [5.41, 5.74) is 1.53. The molecule has 0 aromatic carbocycles. The van der Waals surface area contributed by atoms with Gasteiger partial charge < -0.3 is 10.2 Å². The number of hydrogen-bond acceptors (Lipinski definition) is 3. The van der Waals surface area contributed by atoms with E-state index in [9.17, 15) is 0 Å². The number of likely N-dealkylation sites (tertiary alicyclic amines) is 1. The van der Waals surface area contributed by atoms with E-state index in [1.54, 1.807) is 4.88 Å². The molecule has 1 N–H and O–H groups in total. The smallest absolute Gasteiger partial charge is 0.193 e. The van der Waals surface area contributed by atoms with Crippen molar-refractivity contribution in [2.24, 2.45) is 4.99 Å². The number of nitrogens with zero attached hydrogens (tertiary/aromatic N) is 3. The van der Waals surface area contributed by atoms with Crippen molar-refractivity contribution in [2.45, 2.75) is 25.8 Å². The van der Waals surface area contributed by atoms with Crippen molar-refractivity contribution in [3.05, 3.63) is 21.9 Å². The maximum Gasteiger partial charge on any atom is 0.193 e. The Kier molecular flexibility index (Phi) is 6.75. The van der Waals surface area contributed by atoms with Gasteiger partial charge in [-0.05, 0) is 36.3 Å². The maximum absolute atomic E-state index is 4.39. The number of guanidine groups is 1. The van der Waals surface area contributed by atoms with Crippen LogP contribution in [0, 0.1) is 0 Å². The summed E-state index contributed by atoms with van der Waals surface area (Å²) in [4.78, 5) is 10.9. The standard InChI is InChI=1S/C15H24N4S.HI/c1-16-15(19-7-2-3-8-19)17-6-10-18-9-4-14-13(12-18)5-11-20-14;/h5,11H,2-4,6-10,12H2,1H3,(H,16,17);1H. The van der Waals surface area contributed by atoms with E-state index in [1.165, 1.54) is 31.4 Å². The van der Waals surface area contributed by atoms with Gasteiger partial charge in [-0.3, -0.25) is 9.89 Å². The van der Waals surface area contributed by atoms with Crippen LogP contribution in [0.25, 0.3) is 0 Å². The Labute approximate surface area is 148 Å². The largest absolute Gasteiger partial charge is 0.355 e. The second kappa shape index (κ2) is 8.33. The highest BCUT2D eigenvalue weighted by molar-refractivity contribution is 14.0. The minimum Gasteiger partial charge on any atom is -0.355 e. The molecule has 0 spiro atoms. The van der Waals surface area contributed by atoms with Gasteiger partial charge in [0.05, 0.1) is 0 Å². The average molecular weight is 420 g/mol. The lowest BCUT2D eigenvalue weighted by atomic mass is 10.1. The lowest BCUT2D eigenvalue weighted by molar-refractivity contribution is 0.259. The minimum atomic E-state index is 0. The van der Waals surface area contributed by atoms with Crippen molar-refractivity contribution in [3.8, 4) is 0 Å². The Bertz CT molecular complexity index is 468. The van der Waals surface area contributed by atoms with Gasteiger partial charge in [-0.25, -0.2) is 0 Å². The molecular weight excluding hydrogens is 395 g/mol. The molecule has 0 atom stereocenters. The second-order valence-electron chi connectivity index (χ2n) is 5.56. The number of rotatable bonds is 3. The van der Waals surface area contributed by atoms with Gasteiger partial charge in [0.2, 0.25) is 0 Å². The molecule has 2 aliphatic rings. The second-order valence-corrected chi connectivity index (χ2v) is 6.56. The first-order chi connectivity index (χ1) is 9.86. The van der Waals surface area contributed by atoms with Crippen LogP contribution in [-0.2, 0) is 13.0 Å². The molecule has 1 saturated heterocycles. The third kappa shape index (κ3) is 4.32. The third-order valence-electron chi connectivity index (χ3n) is 4.22. The van der Waals surface area contributed by atoms with Gasteiger partial charge in [0.1, 0.15) is 0 Å². The lowest BCUT2D eigenvalue weighted by Crippen LogP contribution is -2.43. The van der Waals surface area contributed by atoms with Crippen molar-refractivity contribution < 1.29 is 0 Å². The molecule has 3 rings (SSSR count). The summed E-state index contributed by atoms with van der Waals surface area (Å²) in [6.45, 7) is 6.70. The normalized spacial score (nSPS) is 19.3. The molecule has 0 aliphatic carbocycles. The van der Waals surface area contributed by atoms with Crippen molar-refractivity contribution in [1.29, 1.82) is 0 Å². The number of fused-ring (bicyclic) bond motifs is 1. The van der Waals surface area contributed by atoms with Gasteiger partial charge in [0.15, 0.2) is 5.96 Å². The summed E-state index contributed by atoms with van der Waals surface area (Å²) in [5, 5.41) is 5.74. The predicted octanol–water partition coefficient (Wildman–Crippen LogP) is 2.40. The van der Waals surface area contributed by atoms with Crippen molar-refractivity contribution in [3.63, 3.8) is 0 Å². The van der Waals surface area contributed by atoms with Crippen LogP contribution in [0.1, 0.15) is 23.3 Å². The molecule has 6 heteroatoms. The van der Waals surface area contributed by atoms with Crippen molar-refractivity contribution in [1.82, 2.24) is 15.1 Å². The topological polar surface area (TPSA) is 30.9 Å². The highest BCUT2D eigenvalue weighted by Gasteiger charge is 2.18. The number of thiophene rings is 1. The van der Waals surface area contributed by atoms with E-state index in [0.717, 1.165) is 38.7 Å². The monoisotopic (exact) mass is 420 g/mol. The summed E-state index contributed by atoms with van der Waals surface area (Å²) in [6, 6.07) is 2.28. The molecule has 3 heterocycles. The molecule has 1 fully saturated rings. The first-order valence-electron chi connectivity index (χ1n) is 7.60. The van der Waals surface area contributed by atoms with E-state index in [0.29, 0.717) is 0 Å². The first kappa shape index (κ1) is 17.0. The molecule has 4 nitrogen and oxygen atoms in total. The fourth-order valence-corrected chi connectivity index (χ4v) is 3.97. The van der Waals surface area contributed by atoms with Gasteiger partial charge in [-0.2, -0.15) is 0 Å². The van der Waals surface area contributed by atoms with E-state index in [1.807, 2.05) is 18.4 Å². The fourth-order valence-electron chi connectivity index (χ4n) is 3.08. The number of halogens is 1. The number of aliphatic imine (C=N–C) groups is 1. The van der Waals surface area contributed by atoms with Crippen LogP contribution in [0.5, 0.6) is 0 Å². The van der Waals surface area contributed by atoms with Crippen molar-refractivity contribution >= 4 is 41.3 Å². The summed E-state index contributed by atoms with van der Waals surface area (Å²) < 4.78 is 0. The molecule has 0 bridgehead atoms. The molecule has 0 unspecified atom stereocenters. The Hall–Kier alpha value is -0.340. The zero-order valence-corrected chi connectivity index (χ0v) is 15.8. The molecule has 0 amide bonds. The highest BCUT2D eigenvalue weighted by Crippen LogP contribution is 2.23. The molecule has 0 saturated carbocycles. The van der Waals surface area contributed by atoms with Gasteiger partial charge >= 0.3 is 0 Å². The van der Waals surface area contributed by atoms with Crippen LogP contribution in [0.3, 0.4) is 0 Å². The van der Waals surface area contributed by atoms with Gasteiger partial charge in [0.25, 0.3) is 0 Å². The number of hydrogen-bond donors (Lipinski definition) is 1. The average Bonchev–Trinajstić information content (AvgIpc) is 3.14. The fraction of sp³-hybridized carbons (Fsp3) is 0.667. The minimum absolute atomic E-state index is 0. The summed E-state index contributed by atoms with van der Waals surface area (Å²) in [5.74, 6) is 1.08. The summed E-state index contributed by atoms with van der Waals surface area (Å²) in [6.07, 6.45) is 3.81. The van der Waals surface area contributed by atoms with E-state index in [-0.39, 0.29) is 24.0 Å². The zero-order valence-electron chi connectivity index (χ0n) is 12.7. The van der Waals surface area contributed by atoms with E-state index < -0.39 is 0 Å². The van der Waals surface area contributed by atoms with Crippen LogP contribution in [0.4, 0.5) is 0 Å². The molecule has 0 radical (unpaired) electrons.